The number of thioether (sulfide) groups is 2. The average molecular weight is 340 g/mol. The van der Waals surface area contributed by atoms with Crippen LogP contribution >= 0.6 is 35.1 Å². The summed E-state index contributed by atoms with van der Waals surface area (Å²) in [6, 6.07) is 7.49. The lowest BCUT2D eigenvalue weighted by Crippen LogP contribution is -2.22. The molecule has 0 fully saturated rings. The second-order valence-corrected chi connectivity index (χ2v) is 7.53. The number of anilines is 2. The minimum Gasteiger partial charge on any atom is -0.399 e. The predicted molar refractivity (Wildman–Crippen MR) is 91.1 cm³/mol. The van der Waals surface area contributed by atoms with Gasteiger partial charge < -0.3 is 5.73 Å². The SMILES string of the molecule is CCSc1nsc(NC(=O)C(C)Sc2cccc(N)c2)n1. The van der Waals surface area contributed by atoms with E-state index in [0.29, 0.717) is 16.0 Å². The van der Waals surface area contributed by atoms with Crippen LogP contribution < -0.4 is 11.1 Å². The van der Waals surface area contributed by atoms with E-state index in [1.165, 1.54) is 23.3 Å². The van der Waals surface area contributed by atoms with Crippen LogP contribution in [0.5, 0.6) is 0 Å². The van der Waals surface area contributed by atoms with E-state index in [1.807, 2.05) is 38.1 Å². The van der Waals surface area contributed by atoms with E-state index in [0.717, 1.165) is 10.6 Å². The van der Waals surface area contributed by atoms with Gasteiger partial charge in [-0.05, 0) is 30.9 Å². The Morgan fingerprint density at radius 3 is 3.05 bits per heavy atom. The summed E-state index contributed by atoms with van der Waals surface area (Å²) in [6.45, 7) is 3.89. The number of carbonyl (C=O) groups is 1. The molecule has 5 nitrogen and oxygen atoms in total. The molecule has 0 radical (unpaired) electrons. The van der Waals surface area contributed by atoms with Crippen molar-refractivity contribution >= 4 is 51.8 Å². The van der Waals surface area contributed by atoms with Gasteiger partial charge in [0.25, 0.3) is 0 Å². The molecule has 0 saturated heterocycles. The first kappa shape index (κ1) is 16.1. The standard InChI is InChI=1S/C13H16N4OS3/c1-3-19-13-16-12(21-17-13)15-11(18)8(2)20-10-6-4-5-9(14)7-10/h4-8H,3,14H2,1-2H3,(H,15,16,17,18). The number of hydrogen-bond donors (Lipinski definition) is 2. The Hall–Kier alpha value is -1.25. The summed E-state index contributed by atoms with van der Waals surface area (Å²) in [6.07, 6.45) is 0. The highest BCUT2D eigenvalue weighted by molar-refractivity contribution is 8.00. The number of carbonyl (C=O) groups excluding carboxylic acids is 1. The fraction of sp³-hybridized carbons (Fsp3) is 0.308. The molecule has 0 aliphatic carbocycles. The number of nitrogens with two attached hydrogens (primary N) is 1. The van der Waals surface area contributed by atoms with Gasteiger partial charge in [0.15, 0.2) is 0 Å². The maximum absolute atomic E-state index is 12.1. The lowest BCUT2D eigenvalue weighted by atomic mass is 10.3. The largest absolute Gasteiger partial charge is 0.399 e. The zero-order chi connectivity index (χ0) is 15.2. The zero-order valence-corrected chi connectivity index (χ0v) is 14.1. The van der Waals surface area contributed by atoms with E-state index in [2.05, 4.69) is 14.7 Å². The average Bonchev–Trinajstić information content (AvgIpc) is 2.86. The first-order chi connectivity index (χ1) is 10.1. The summed E-state index contributed by atoms with van der Waals surface area (Å²) in [5, 5.41) is 3.80. The summed E-state index contributed by atoms with van der Waals surface area (Å²) >= 11 is 4.22. The van der Waals surface area contributed by atoms with Gasteiger partial charge in [0, 0.05) is 22.1 Å². The van der Waals surface area contributed by atoms with Crippen molar-refractivity contribution in [2.45, 2.75) is 29.1 Å². The van der Waals surface area contributed by atoms with Gasteiger partial charge in [0.1, 0.15) is 0 Å². The maximum atomic E-state index is 12.1. The van der Waals surface area contributed by atoms with Crippen LogP contribution in [0.25, 0.3) is 0 Å². The van der Waals surface area contributed by atoms with Gasteiger partial charge >= 0.3 is 0 Å². The quantitative estimate of drug-likeness (QED) is 0.620. The van der Waals surface area contributed by atoms with Crippen LogP contribution in [0, 0.1) is 0 Å². The Kier molecular flexibility index (Phi) is 5.89. The Morgan fingerprint density at radius 2 is 2.33 bits per heavy atom. The summed E-state index contributed by atoms with van der Waals surface area (Å²) < 4.78 is 4.17. The number of amides is 1. The van der Waals surface area contributed by atoms with Gasteiger partial charge in [-0.3, -0.25) is 10.1 Å². The third kappa shape index (κ3) is 4.90. The van der Waals surface area contributed by atoms with Crippen molar-refractivity contribution in [2.75, 3.05) is 16.8 Å². The molecule has 1 aromatic heterocycles. The molecule has 1 amide bonds. The highest BCUT2D eigenvalue weighted by Gasteiger charge is 2.16. The summed E-state index contributed by atoms with van der Waals surface area (Å²) in [4.78, 5) is 17.4. The first-order valence-electron chi connectivity index (χ1n) is 6.38. The molecule has 1 aromatic carbocycles. The molecular weight excluding hydrogens is 324 g/mol. The summed E-state index contributed by atoms with van der Waals surface area (Å²) in [7, 11) is 0. The van der Waals surface area contributed by atoms with Crippen molar-refractivity contribution in [1.82, 2.24) is 9.36 Å². The summed E-state index contributed by atoms with van der Waals surface area (Å²) in [5.74, 6) is 0.817. The van der Waals surface area contributed by atoms with Crippen LogP contribution in [0.2, 0.25) is 0 Å². The van der Waals surface area contributed by atoms with Crippen LogP contribution in [-0.4, -0.2) is 26.3 Å². The van der Waals surface area contributed by atoms with Crippen molar-refractivity contribution in [2.24, 2.45) is 0 Å². The lowest BCUT2D eigenvalue weighted by Gasteiger charge is -2.10. The predicted octanol–water partition coefficient (Wildman–Crippen LogP) is 3.35. The molecule has 0 saturated carbocycles. The van der Waals surface area contributed by atoms with Crippen LogP contribution in [0.1, 0.15) is 13.8 Å². The molecular formula is C13H16N4OS3. The van der Waals surface area contributed by atoms with Crippen LogP contribution in [-0.2, 0) is 4.79 Å². The first-order valence-corrected chi connectivity index (χ1v) is 9.02. The van der Waals surface area contributed by atoms with E-state index in [9.17, 15) is 4.79 Å². The van der Waals surface area contributed by atoms with E-state index >= 15 is 0 Å². The molecule has 1 atom stereocenters. The number of benzene rings is 1. The van der Waals surface area contributed by atoms with Crippen LogP contribution in [0.4, 0.5) is 10.8 Å². The van der Waals surface area contributed by atoms with Crippen molar-refractivity contribution in [3.05, 3.63) is 24.3 Å². The highest BCUT2D eigenvalue weighted by Crippen LogP contribution is 2.26. The molecule has 1 heterocycles. The maximum Gasteiger partial charge on any atom is 0.239 e. The fourth-order valence-electron chi connectivity index (χ4n) is 1.50. The topological polar surface area (TPSA) is 80.9 Å². The number of nitrogens with one attached hydrogen (secondary N) is 1. The van der Waals surface area contributed by atoms with Crippen molar-refractivity contribution in [1.29, 1.82) is 0 Å². The van der Waals surface area contributed by atoms with Crippen molar-refractivity contribution < 1.29 is 4.79 Å². The highest BCUT2D eigenvalue weighted by atomic mass is 32.2. The Bertz CT molecular complexity index is 617. The number of rotatable bonds is 6. The molecule has 3 N–H and O–H groups in total. The van der Waals surface area contributed by atoms with E-state index in [1.54, 1.807) is 11.8 Å². The van der Waals surface area contributed by atoms with Gasteiger partial charge in [-0.2, -0.15) is 9.36 Å². The molecule has 2 rings (SSSR count). The minimum absolute atomic E-state index is 0.0911. The van der Waals surface area contributed by atoms with E-state index in [4.69, 9.17) is 5.73 Å². The van der Waals surface area contributed by atoms with Gasteiger partial charge in [-0.15, -0.1) is 11.8 Å². The molecule has 0 bridgehead atoms. The third-order valence-electron chi connectivity index (χ3n) is 2.45. The third-order valence-corrected chi connectivity index (χ3v) is 5.02. The van der Waals surface area contributed by atoms with Gasteiger partial charge in [0.2, 0.25) is 16.2 Å². The number of nitrogen functional groups attached to an aromatic ring is 1. The van der Waals surface area contributed by atoms with Gasteiger partial charge in [0.05, 0.1) is 5.25 Å². The van der Waals surface area contributed by atoms with Crippen LogP contribution in [0.3, 0.4) is 0 Å². The second kappa shape index (κ2) is 7.67. The molecule has 112 valence electrons. The molecule has 0 aliphatic rings. The number of nitrogens with zero attached hydrogens (tertiary/aromatic N) is 2. The monoisotopic (exact) mass is 340 g/mol. The Labute approximate surface area is 136 Å². The zero-order valence-electron chi connectivity index (χ0n) is 11.7. The van der Waals surface area contributed by atoms with Crippen molar-refractivity contribution in [3.8, 4) is 0 Å². The normalized spacial score (nSPS) is 12.1. The van der Waals surface area contributed by atoms with E-state index < -0.39 is 0 Å². The Morgan fingerprint density at radius 1 is 1.52 bits per heavy atom. The van der Waals surface area contributed by atoms with Gasteiger partial charge in [-0.1, -0.05) is 24.8 Å². The molecule has 1 unspecified atom stereocenters. The smallest absolute Gasteiger partial charge is 0.239 e. The lowest BCUT2D eigenvalue weighted by molar-refractivity contribution is -0.115. The molecule has 8 heteroatoms. The molecule has 0 aliphatic heterocycles. The Balaban J connectivity index is 1.92. The number of aromatic nitrogens is 2. The molecule has 0 spiro atoms. The molecule has 2 aromatic rings. The van der Waals surface area contributed by atoms with Crippen molar-refractivity contribution in [3.63, 3.8) is 0 Å². The fourth-order valence-corrected chi connectivity index (χ4v) is 3.71. The van der Waals surface area contributed by atoms with E-state index in [-0.39, 0.29) is 11.2 Å². The minimum atomic E-state index is -0.238. The number of hydrogen-bond acceptors (Lipinski definition) is 7. The van der Waals surface area contributed by atoms with Crippen LogP contribution in [0.15, 0.2) is 34.3 Å². The molecule has 21 heavy (non-hydrogen) atoms. The second-order valence-electron chi connectivity index (χ2n) is 4.14. The summed E-state index contributed by atoms with van der Waals surface area (Å²) in [5.41, 5.74) is 6.42. The van der Waals surface area contributed by atoms with Gasteiger partial charge in [-0.25, -0.2) is 0 Å².